The van der Waals surface area contributed by atoms with Crippen molar-refractivity contribution in [1.29, 1.82) is 0 Å². The molecule has 112 valence electrons. The van der Waals surface area contributed by atoms with Crippen molar-refractivity contribution in [2.24, 2.45) is 10.7 Å². The van der Waals surface area contributed by atoms with Crippen molar-refractivity contribution >= 4 is 17.7 Å². The van der Waals surface area contributed by atoms with Crippen LogP contribution in [0.3, 0.4) is 0 Å². The van der Waals surface area contributed by atoms with Crippen LogP contribution in [0.25, 0.3) is 0 Å². The van der Waals surface area contributed by atoms with Crippen molar-refractivity contribution in [1.82, 2.24) is 10.2 Å². The van der Waals surface area contributed by atoms with Crippen LogP contribution in [0.4, 0.5) is 0 Å². The number of rotatable bonds is 9. The van der Waals surface area contributed by atoms with Crippen LogP contribution in [0.1, 0.15) is 19.3 Å². The van der Waals surface area contributed by atoms with Crippen LogP contribution in [0.2, 0.25) is 0 Å². The van der Waals surface area contributed by atoms with E-state index in [4.69, 9.17) is 10.5 Å². The summed E-state index contributed by atoms with van der Waals surface area (Å²) in [6, 6.07) is 0. The van der Waals surface area contributed by atoms with Crippen LogP contribution in [0.5, 0.6) is 0 Å². The SMILES string of the molecule is CSCCCCNC(N)=NCCCN1CCOCC1. The van der Waals surface area contributed by atoms with E-state index in [2.05, 4.69) is 21.5 Å². The fourth-order valence-electron chi connectivity index (χ4n) is 1.96. The quantitative estimate of drug-likeness (QED) is 0.372. The maximum Gasteiger partial charge on any atom is 0.188 e. The highest BCUT2D eigenvalue weighted by Crippen LogP contribution is 1.98. The van der Waals surface area contributed by atoms with Gasteiger partial charge >= 0.3 is 0 Å². The fourth-order valence-corrected chi connectivity index (χ4v) is 2.46. The number of thioether (sulfide) groups is 1. The van der Waals surface area contributed by atoms with Gasteiger partial charge in [-0.25, -0.2) is 0 Å². The minimum Gasteiger partial charge on any atom is -0.379 e. The molecule has 0 aromatic carbocycles. The Morgan fingerprint density at radius 1 is 1.32 bits per heavy atom. The number of nitrogens with one attached hydrogen (secondary N) is 1. The third-order valence-electron chi connectivity index (χ3n) is 3.10. The topological polar surface area (TPSA) is 62.9 Å². The molecule has 1 fully saturated rings. The molecule has 5 nitrogen and oxygen atoms in total. The summed E-state index contributed by atoms with van der Waals surface area (Å²) in [6.07, 6.45) is 5.59. The van der Waals surface area contributed by atoms with E-state index in [1.54, 1.807) is 0 Å². The van der Waals surface area contributed by atoms with Gasteiger partial charge in [0.25, 0.3) is 0 Å². The van der Waals surface area contributed by atoms with E-state index in [9.17, 15) is 0 Å². The Kier molecular flexibility index (Phi) is 9.93. The smallest absolute Gasteiger partial charge is 0.188 e. The highest BCUT2D eigenvalue weighted by molar-refractivity contribution is 7.98. The van der Waals surface area contributed by atoms with Gasteiger partial charge in [0.15, 0.2) is 5.96 Å². The zero-order valence-corrected chi connectivity index (χ0v) is 12.9. The molecule has 0 spiro atoms. The van der Waals surface area contributed by atoms with Crippen molar-refractivity contribution in [2.45, 2.75) is 19.3 Å². The second kappa shape index (κ2) is 11.4. The highest BCUT2D eigenvalue weighted by atomic mass is 32.2. The van der Waals surface area contributed by atoms with Gasteiger partial charge in [-0.05, 0) is 31.3 Å². The molecule has 0 aromatic rings. The Balaban J connectivity index is 1.94. The summed E-state index contributed by atoms with van der Waals surface area (Å²) in [4.78, 5) is 6.77. The first-order valence-electron chi connectivity index (χ1n) is 7.16. The van der Waals surface area contributed by atoms with E-state index < -0.39 is 0 Å². The van der Waals surface area contributed by atoms with Crippen molar-refractivity contribution < 1.29 is 4.74 Å². The van der Waals surface area contributed by atoms with E-state index in [0.717, 1.165) is 58.8 Å². The van der Waals surface area contributed by atoms with Crippen LogP contribution in [-0.4, -0.2) is 68.8 Å². The van der Waals surface area contributed by atoms with Gasteiger partial charge in [0, 0.05) is 32.7 Å². The first kappa shape index (κ1) is 16.6. The monoisotopic (exact) mass is 288 g/mol. The summed E-state index contributed by atoms with van der Waals surface area (Å²) in [5.41, 5.74) is 5.81. The Bertz CT molecular complexity index is 245. The fraction of sp³-hybridized carbons (Fsp3) is 0.923. The van der Waals surface area contributed by atoms with Gasteiger partial charge in [0.05, 0.1) is 13.2 Å². The van der Waals surface area contributed by atoms with Gasteiger partial charge in [0.1, 0.15) is 0 Å². The molecule has 19 heavy (non-hydrogen) atoms. The number of nitrogens with zero attached hydrogens (tertiary/aromatic N) is 2. The van der Waals surface area contributed by atoms with Gasteiger partial charge in [0.2, 0.25) is 0 Å². The molecule has 1 rings (SSSR count). The third-order valence-corrected chi connectivity index (χ3v) is 3.80. The Morgan fingerprint density at radius 2 is 2.11 bits per heavy atom. The van der Waals surface area contributed by atoms with Crippen molar-refractivity contribution in [3.8, 4) is 0 Å². The molecule has 0 aromatic heterocycles. The highest BCUT2D eigenvalue weighted by Gasteiger charge is 2.08. The summed E-state index contributed by atoms with van der Waals surface area (Å²) in [5, 5.41) is 3.16. The molecule has 0 unspecified atom stereocenters. The molecule has 0 saturated carbocycles. The van der Waals surface area contributed by atoms with E-state index in [1.165, 1.54) is 12.2 Å². The van der Waals surface area contributed by atoms with Gasteiger partial charge in [-0.1, -0.05) is 0 Å². The Morgan fingerprint density at radius 3 is 2.84 bits per heavy atom. The number of morpholine rings is 1. The average molecular weight is 288 g/mol. The van der Waals surface area contributed by atoms with Crippen LogP contribution in [0, 0.1) is 0 Å². The molecule has 1 aliphatic rings. The van der Waals surface area contributed by atoms with Crippen LogP contribution < -0.4 is 11.1 Å². The van der Waals surface area contributed by atoms with Crippen LogP contribution in [-0.2, 0) is 4.74 Å². The second-order valence-electron chi connectivity index (χ2n) is 4.70. The minimum absolute atomic E-state index is 0.589. The number of guanidine groups is 1. The van der Waals surface area contributed by atoms with Crippen molar-refractivity contribution in [2.75, 3.05) is 57.9 Å². The van der Waals surface area contributed by atoms with Gasteiger partial charge in [-0.2, -0.15) is 11.8 Å². The molecule has 0 amide bonds. The zero-order valence-electron chi connectivity index (χ0n) is 12.1. The number of hydrogen-bond acceptors (Lipinski definition) is 4. The summed E-state index contributed by atoms with van der Waals surface area (Å²) < 4.78 is 5.32. The van der Waals surface area contributed by atoms with Crippen LogP contribution in [0.15, 0.2) is 4.99 Å². The van der Waals surface area contributed by atoms with Gasteiger partial charge < -0.3 is 15.8 Å². The lowest BCUT2D eigenvalue weighted by Gasteiger charge is -2.26. The first-order valence-corrected chi connectivity index (χ1v) is 8.55. The first-order chi connectivity index (χ1) is 9.33. The predicted molar refractivity (Wildman–Crippen MR) is 84.0 cm³/mol. The van der Waals surface area contributed by atoms with Crippen molar-refractivity contribution in [3.63, 3.8) is 0 Å². The average Bonchev–Trinajstić information content (AvgIpc) is 2.44. The van der Waals surface area contributed by atoms with Gasteiger partial charge in [-0.3, -0.25) is 9.89 Å². The van der Waals surface area contributed by atoms with E-state index in [0.29, 0.717) is 5.96 Å². The molecule has 1 heterocycles. The number of hydrogen-bond donors (Lipinski definition) is 2. The molecule has 0 radical (unpaired) electrons. The number of ether oxygens (including phenoxy) is 1. The molecule has 1 saturated heterocycles. The lowest BCUT2D eigenvalue weighted by molar-refractivity contribution is 0.0377. The predicted octanol–water partition coefficient (Wildman–Crippen LogP) is 0.756. The lowest BCUT2D eigenvalue weighted by atomic mass is 10.3. The van der Waals surface area contributed by atoms with Crippen LogP contribution >= 0.6 is 11.8 Å². The molecule has 3 N–H and O–H groups in total. The maximum absolute atomic E-state index is 5.81. The minimum atomic E-state index is 0.589. The summed E-state index contributed by atoms with van der Waals surface area (Å²) in [5.74, 6) is 1.81. The number of unbranched alkanes of at least 4 members (excludes halogenated alkanes) is 1. The standard InChI is InChI=1S/C13H28N4OS/c1-19-12-3-2-5-15-13(14)16-6-4-7-17-8-10-18-11-9-17/h2-12H2,1H3,(H3,14,15,16). The largest absolute Gasteiger partial charge is 0.379 e. The molecule has 6 heteroatoms. The summed E-state index contributed by atoms with van der Waals surface area (Å²) >= 11 is 1.89. The number of nitrogens with two attached hydrogens (primary N) is 1. The maximum atomic E-state index is 5.81. The van der Waals surface area contributed by atoms with Gasteiger partial charge in [-0.15, -0.1) is 0 Å². The molecule has 1 aliphatic heterocycles. The lowest BCUT2D eigenvalue weighted by Crippen LogP contribution is -2.37. The normalized spacial score (nSPS) is 17.6. The zero-order chi connectivity index (χ0) is 13.8. The summed E-state index contributed by atoms with van der Waals surface area (Å²) in [7, 11) is 0. The van der Waals surface area contributed by atoms with E-state index in [-0.39, 0.29) is 0 Å². The molecule has 0 aliphatic carbocycles. The Labute approximate surface area is 121 Å². The summed E-state index contributed by atoms with van der Waals surface area (Å²) in [6.45, 7) is 6.65. The van der Waals surface area contributed by atoms with E-state index in [1.807, 2.05) is 11.8 Å². The van der Waals surface area contributed by atoms with E-state index >= 15 is 0 Å². The molecular formula is C13H28N4OS. The molecule has 0 bridgehead atoms. The second-order valence-corrected chi connectivity index (χ2v) is 5.69. The number of aliphatic imine (C=N–C) groups is 1. The molecular weight excluding hydrogens is 260 g/mol. The Hall–Kier alpha value is -0.460. The van der Waals surface area contributed by atoms with Crippen molar-refractivity contribution in [3.05, 3.63) is 0 Å². The molecule has 0 atom stereocenters. The third kappa shape index (κ3) is 9.13.